The van der Waals surface area contributed by atoms with E-state index >= 15 is 0 Å². The molecule has 0 saturated carbocycles. The van der Waals surface area contributed by atoms with E-state index in [-0.39, 0.29) is 0 Å². The minimum absolute atomic E-state index is 0.544. The molecule has 0 spiro atoms. The molecule has 9 rings (SSSR count). The average molecular weight is 637 g/mol. The molecular formula is C44H24N6. The van der Waals surface area contributed by atoms with Gasteiger partial charge in [-0.25, -0.2) is 4.98 Å². The van der Waals surface area contributed by atoms with Crippen molar-refractivity contribution in [1.82, 2.24) is 14.1 Å². The number of hydrogen-bond acceptors (Lipinski definition) is 4. The van der Waals surface area contributed by atoms with Crippen LogP contribution in [0.2, 0.25) is 0 Å². The van der Waals surface area contributed by atoms with Gasteiger partial charge < -0.3 is 0 Å². The standard InChI is InChI=1S/C44H24N6/c45-25-28-13-17-31(18-14-28)33-7-1-2-8-34(33)32-23-43(49-39-11-5-3-9-35(39)36-10-4-6-12-40(36)49)48-44(24-32)50-41-19-15-29(26-46)21-37(41)38-22-30(27-47)16-20-42(38)50/h1-24H. The monoisotopic (exact) mass is 636 g/mol. The highest BCUT2D eigenvalue weighted by Gasteiger charge is 2.20. The van der Waals surface area contributed by atoms with Crippen molar-refractivity contribution in [3.8, 4) is 52.1 Å². The lowest BCUT2D eigenvalue weighted by atomic mass is 9.94. The van der Waals surface area contributed by atoms with Crippen molar-refractivity contribution in [2.75, 3.05) is 0 Å². The summed E-state index contributed by atoms with van der Waals surface area (Å²) in [7, 11) is 0. The maximum Gasteiger partial charge on any atom is 0.140 e. The highest BCUT2D eigenvalue weighted by Crippen LogP contribution is 2.39. The van der Waals surface area contributed by atoms with Crippen LogP contribution >= 0.6 is 0 Å². The van der Waals surface area contributed by atoms with E-state index in [0.717, 1.165) is 71.7 Å². The van der Waals surface area contributed by atoms with E-state index in [2.05, 4.69) is 100 Å². The zero-order valence-corrected chi connectivity index (χ0v) is 26.5. The third-order valence-corrected chi connectivity index (χ3v) is 9.42. The first kappa shape index (κ1) is 28.7. The highest BCUT2D eigenvalue weighted by molar-refractivity contribution is 6.11. The van der Waals surface area contributed by atoms with Crippen molar-refractivity contribution < 1.29 is 0 Å². The molecule has 6 nitrogen and oxygen atoms in total. The molecule has 6 aromatic carbocycles. The van der Waals surface area contributed by atoms with Crippen LogP contribution in [0, 0.1) is 34.0 Å². The van der Waals surface area contributed by atoms with E-state index in [0.29, 0.717) is 22.5 Å². The van der Waals surface area contributed by atoms with Gasteiger partial charge in [0, 0.05) is 21.5 Å². The third kappa shape index (κ3) is 4.44. The summed E-state index contributed by atoms with van der Waals surface area (Å²) in [5, 5.41) is 33.0. The van der Waals surface area contributed by atoms with Gasteiger partial charge in [-0.2, -0.15) is 15.8 Å². The molecule has 9 aromatic rings. The summed E-state index contributed by atoms with van der Waals surface area (Å²) < 4.78 is 4.34. The smallest absolute Gasteiger partial charge is 0.140 e. The van der Waals surface area contributed by atoms with Crippen molar-refractivity contribution in [3.63, 3.8) is 0 Å². The van der Waals surface area contributed by atoms with Crippen LogP contribution in [0.25, 0.3) is 77.5 Å². The number of para-hydroxylation sites is 2. The summed E-state index contributed by atoms with van der Waals surface area (Å²) in [6.45, 7) is 0. The Hall–Kier alpha value is -7.46. The Morgan fingerprint density at radius 2 is 0.800 bits per heavy atom. The lowest BCUT2D eigenvalue weighted by Crippen LogP contribution is -2.04. The van der Waals surface area contributed by atoms with Crippen LogP contribution in [0.5, 0.6) is 0 Å². The van der Waals surface area contributed by atoms with Gasteiger partial charge in [-0.05, 0) is 95.1 Å². The largest absolute Gasteiger partial charge is 0.294 e. The summed E-state index contributed by atoms with van der Waals surface area (Å²) in [5.74, 6) is 1.45. The van der Waals surface area contributed by atoms with E-state index in [9.17, 15) is 15.8 Å². The second kappa shape index (κ2) is 11.4. The van der Waals surface area contributed by atoms with E-state index in [4.69, 9.17) is 4.98 Å². The Bertz CT molecular complexity index is 2830. The zero-order valence-electron chi connectivity index (χ0n) is 26.5. The summed E-state index contributed by atoms with van der Waals surface area (Å²) in [6.07, 6.45) is 0. The van der Waals surface area contributed by atoms with Gasteiger partial charge >= 0.3 is 0 Å². The second-order valence-electron chi connectivity index (χ2n) is 12.2. The summed E-state index contributed by atoms with van der Waals surface area (Å²) in [6, 6.07) is 55.0. The van der Waals surface area contributed by atoms with E-state index in [1.807, 2.05) is 72.8 Å². The maximum absolute atomic E-state index is 9.78. The molecule has 3 heterocycles. The number of pyridine rings is 1. The van der Waals surface area contributed by atoms with Gasteiger partial charge in [0.1, 0.15) is 11.6 Å². The molecule has 0 aliphatic heterocycles. The van der Waals surface area contributed by atoms with Crippen LogP contribution < -0.4 is 0 Å². The average Bonchev–Trinajstić information content (AvgIpc) is 3.70. The van der Waals surface area contributed by atoms with Crippen molar-refractivity contribution in [2.45, 2.75) is 0 Å². The summed E-state index contributed by atoms with van der Waals surface area (Å²) >= 11 is 0. The fourth-order valence-corrected chi connectivity index (χ4v) is 7.18. The zero-order chi connectivity index (χ0) is 33.8. The molecule has 230 valence electrons. The highest BCUT2D eigenvalue weighted by atomic mass is 15.1. The Kier molecular flexibility index (Phi) is 6.53. The first-order valence-corrected chi connectivity index (χ1v) is 16.1. The maximum atomic E-state index is 9.78. The van der Waals surface area contributed by atoms with Gasteiger partial charge in [-0.15, -0.1) is 0 Å². The lowest BCUT2D eigenvalue weighted by Gasteiger charge is -2.16. The van der Waals surface area contributed by atoms with Crippen LogP contribution in [0.3, 0.4) is 0 Å². The molecule has 0 bridgehead atoms. The molecule has 50 heavy (non-hydrogen) atoms. The topological polar surface area (TPSA) is 94.1 Å². The van der Waals surface area contributed by atoms with Crippen LogP contribution in [0.4, 0.5) is 0 Å². The molecule has 0 atom stereocenters. The molecule has 0 N–H and O–H groups in total. The van der Waals surface area contributed by atoms with Gasteiger partial charge in [0.05, 0.1) is 57.0 Å². The van der Waals surface area contributed by atoms with Crippen molar-refractivity contribution in [3.05, 3.63) is 162 Å². The van der Waals surface area contributed by atoms with Crippen molar-refractivity contribution in [1.29, 1.82) is 15.8 Å². The van der Waals surface area contributed by atoms with Gasteiger partial charge in [0.25, 0.3) is 0 Å². The van der Waals surface area contributed by atoms with Gasteiger partial charge in [-0.3, -0.25) is 9.13 Å². The quantitative estimate of drug-likeness (QED) is 0.192. The van der Waals surface area contributed by atoms with Gasteiger partial charge in [0.15, 0.2) is 0 Å². The van der Waals surface area contributed by atoms with E-state index < -0.39 is 0 Å². The number of fused-ring (bicyclic) bond motifs is 6. The fourth-order valence-electron chi connectivity index (χ4n) is 7.18. The van der Waals surface area contributed by atoms with Crippen molar-refractivity contribution >= 4 is 43.6 Å². The number of rotatable bonds is 4. The minimum atomic E-state index is 0.544. The Morgan fingerprint density at radius 3 is 1.30 bits per heavy atom. The first-order chi connectivity index (χ1) is 24.6. The van der Waals surface area contributed by atoms with Gasteiger partial charge in [0.2, 0.25) is 0 Å². The molecule has 0 amide bonds. The lowest BCUT2D eigenvalue weighted by molar-refractivity contribution is 1.01. The molecule has 0 fully saturated rings. The molecule has 0 saturated heterocycles. The number of hydrogen-bond donors (Lipinski definition) is 0. The van der Waals surface area contributed by atoms with Gasteiger partial charge in [-0.1, -0.05) is 72.8 Å². The van der Waals surface area contributed by atoms with E-state index in [1.54, 1.807) is 0 Å². The summed E-state index contributed by atoms with van der Waals surface area (Å²) in [5.41, 5.74) is 9.56. The second-order valence-corrected chi connectivity index (χ2v) is 12.2. The molecule has 0 unspecified atom stereocenters. The van der Waals surface area contributed by atoms with Crippen LogP contribution in [-0.4, -0.2) is 14.1 Å². The third-order valence-electron chi connectivity index (χ3n) is 9.42. The molecule has 0 aliphatic carbocycles. The molecular weight excluding hydrogens is 613 g/mol. The SMILES string of the molecule is N#Cc1ccc(-c2ccccc2-c2cc(-n3c4ccccc4c4ccccc43)nc(-n3c4ccc(C#N)cc4c4cc(C#N)ccc43)c2)cc1. The number of benzene rings is 6. The molecule has 0 radical (unpaired) electrons. The number of aromatic nitrogens is 3. The van der Waals surface area contributed by atoms with E-state index in [1.165, 1.54) is 0 Å². The number of nitriles is 3. The summed E-state index contributed by atoms with van der Waals surface area (Å²) in [4.78, 5) is 5.41. The van der Waals surface area contributed by atoms with Crippen LogP contribution in [0.1, 0.15) is 16.7 Å². The predicted octanol–water partition coefficient (Wildman–Crippen LogP) is 10.2. The fraction of sp³-hybridized carbons (Fsp3) is 0. The minimum Gasteiger partial charge on any atom is -0.294 e. The Morgan fingerprint density at radius 1 is 0.380 bits per heavy atom. The normalized spacial score (nSPS) is 11.1. The first-order valence-electron chi connectivity index (χ1n) is 16.1. The van der Waals surface area contributed by atoms with Crippen LogP contribution in [0.15, 0.2) is 146 Å². The predicted molar refractivity (Wildman–Crippen MR) is 198 cm³/mol. The molecule has 6 heteroatoms. The molecule has 0 aliphatic rings. The Labute approximate surface area is 287 Å². The number of nitrogens with zero attached hydrogens (tertiary/aromatic N) is 6. The molecule has 3 aromatic heterocycles. The Balaban J connectivity index is 1.40. The van der Waals surface area contributed by atoms with Crippen LogP contribution in [-0.2, 0) is 0 Å². The van der Waals surface area contributed by atoms with Crippen molar-refractivity contribution in [2.24, 2.45) is 0 Å².